The summed E-state index contributed by atoms with van der Waals surface area (Å²) < 4.78 is 0. The molecule has 48 heavy (non-hydrogen) atoms. The summed E-state index contributed by atoms with van der Waals surface area (Å²) in [5.74, 6) is 0.739. The predicted molar refractivity (Wildman–Crippen MR) is 179 cm³/mol. The van der Waals surface area contributed by atoms with Crippen molar-refractivity contribution in [1.82, 2.24) is 40.6 Å². The van der Waals surface area contributed by atoms with Crippen LogP contribution in [0.2, 0.25) is 0 Å². The van der Waals surface area contributed by atoms with E-state index in [4.69, 9.17) is 0 Å². The van der Waals surface area contributed by atoms with E-state index in [-0.39, 0.29) is 47.8 Å². The van der Waals surface area contributed by atoms with Crippen LogP contribution in [-0.4, -0.2) is 106 Å². The summed E-state index contributed by atoms with van der Waals surface area (Å²) in [6, 6.07) is 13.6. The zero-order chi connectivity index (χ0) is 34.5. The number of aromatic nitrogens is 4. The highest BCUT2D eigenvalue weighted by molar-refractivity contribution is 5.95. The molecule has 2 aliphatic carbocycles. The number of amides is 3. The Morgan fingerprint density at radius 3 is 2.06 bits per heavy atom. The highest BCUT2D eigenvalue weighted by atomic mass is 16.2. The van der Waals surface area contributed by atoms with Gasteiger partial charge in [0.05, 0.1) is 18.0 Å². The molecule has 1 saturated carbocycles. The quantitative estimate of drug-likeness (QED) is 0.378. The average Bonchev–Trinajstić information content (AvgIpc) is 3.43. The van der Waals surface area contributed by atoms with Crippen molar-refractivity contribution >= 4 is 17.7 Å². The first-order valence-corrected chi connectivity index (χ1v) is 16.6. The Bertz CT molecular complexity index is 1700. The third-order valence-corrected chi connectivity index (χ3v) is 10.4. The summed E-state index contributed by atoms with van der Waals surface area (Å²) in [5.41, 5.74) is 3.85. The number of H-pyrrole nitrogens is 1. The molecule has 12 nitrogen and oxygen atoms in total. The summed E-state index contributed by atoms with van der Waals surface area (Å²) in [6.45, 7) is 6.52. The fraction of sp³-hybridized carbons (Fsp3) is 0.528. The van der Waals surface area contributed by atoms with Crippen LogP contribution >= 0.6 is 0 Å². The number of fused-ring (bicyclic) bond motifs is 3. The van der Waals surface area contributed by atoms with Gasteiger partial charge in [-0.25, -0.2) is 5.10 Å². The number of nitrogens with zero attached hydrogens (tertiary/aromatic N) is 7. The van der Waals surface area contributed by atoms with Crippen LogP contribution in [0.15, 0.2) is 36.4 Å². The number of rotatable bonds is 8. The van der Waals surface area contributed by atoms with Crippen molar-refractivity contribution in [2.24, 2.45) is 11.3 Å². The monoisotopic (exact) mass is 651 g/mol. The standard InChI is InChI=1S/C36H45N9O3/c1-35(2,3)30(38-20-31(46)45-26(19-37)16-25-17-29(25)45)18-36(34-39-41-42-40-34)27-12-10-23(32(47)43(4)5)14-21(27)8-9-22-15-24(11-13-28(22)36)33(48)44(6)7/h10-15,25-26,29-30,38H,8-9,16-18,20H2,1-7H3,(H,39,40,41,42)/t25-,26?,29+,30+/m1/s1. The molecule has 1 saturated heterocycles. The maximum Gasteiger partial charge on any atom is 0.253 e. The second-order valence-corrected chi connectivity index (χ2v) is 15.0. The molecule has 12 heteroatoms. The van der Waals surface area contributed by atoms with Crippen molar-refractivity contribution < 1.29 is 14.4 Å². The number of benzene rings is 2. The first kappa shape index (κ1) is 33.3. The van der Waals surface area contributed by atoms with Crippen LogP contribution in [0.5, 0.6) is 0 Å². The lowest BCUT2D eigenvalue weighted by molar-refractivity contribution is -0.131. The first-order chi connectivity index (χ1) is 22.8. The highest BCUT2D eigenvalue weighted by Gasteiger charge is 2.54. The molecule has 3 amide bonds. The number of nitrogens with one attached hydrogen (secondary N) is 2. The number of hydrogen-bond acceptors (Lipinski definition) is 8. The van der Waals surface area contributed by atoms with Crippen molar-refractivity contribution in [2.75, 3.05) is 34.7 Å². The van der Waals surface area contributed by atoms with Gasteiger partial charge in [-0.1, -0.05) is 32.9 Å². The van der Waals surface area contributed by atoms with E-state index < -0.39 is 5.41 Å². The minimum Gasteiger partial charge on any atom is -0.345 e. The molecule has 1 aliphatic heterocycles. The molecule has 3 aliphatic rings. The predicted octanol–water partition coefficient (Wildman–Crippen LogP) is 2.94. The summed E-state index contributed by atoms with van der Waals surface area (Å²) in [5, 5.41) is 29.1. The molecule has 6 rings (SSSR count). The van der Waals surface area contributed by atoms with Crippen molar-refractivity contribution in [3.63, 3.8) is 0 Å². The van der Waals surface area contributed by atoms with Crippen LogP contribution in [0.1, 0.15) is 88.8 Å². The number of hydrogen-bond donors (Lipinski definition) is 2. The number of piperidine rings is 1. The van der Waals surface area contributed by atoms with E-state index in [9.17, 15) is 19.6 Å². The fourth-order valence-corrected chi connectivity index (χ4v) is 7.77. The molecular weight excluding hydrogens is 606 g/mol. The van der Waals surface area contributed by atoms with Crippen molar-refractivity contribution in [3.05, 3.63) is 75.6 Å². The van der Waals surface area contributed by atoms with Crippen LogP contribution in [0.25, 0.3) is 0 Å². The number of tetrazole rings is 1. The Balaban J connectivity index is 1.49. The third-order valence-electron chi connectivity index (χ3n) is 10.4. The van der Waals surface area contributed by atoms with Gasteiger partial charge in [-0.2, -0.15) is 5.26 Å². The molecule has 1 aromatic heterocycles. The molecule has 4 atom stereocenters. The van der Waals surface area contributed by atoms with Gasteiger partial charge in [0.1, 0.15) is 6.04 Å². The zero-order valence-electron chi connectivity index (χ0n) is 28.9. The number of aromatic amines is 1. The van der Waals surface area contributed by atoms with E-state index in [0.29, 0.717) is 42.1 Å². The molecule has 1 unspecified atom stereocenters. The summed E-state index contributed by atoms with van der Waals surface area (Å²) >= 11 is 0. The van der Waals surface area contributed by atoms with Crippen molar-refractivity contribution in [3.8, 4) is 6.07 Å². The zero-order valence-corrected chi connectivity index (χ0v) is 28.9. The third kappa shape index (κ3) is 5.85. The second kappa shape index (κ2) is 12.4. The first-order valence-electron chi connectivity index (χ1n) is 16.6. The lowest BCUT2D eigenvalue weighted by Gasteiger charge is -2.42. The Kier molecular flexibility index (Phi) is 8.62. The maximum atomic E-state index is 13.7. The van der Waals surface area contributed by atoms with Gasteiger partial charge in [0, 0.05) is 51.4 Å². The van der Waals surface area contributed by atoms with Gasteiger partial charge in [0.15, 0.2) is 5.82 Å². The van der Waals surface area contributed by atoms with E-state index in [1.54, 1.807) is 42.9 Å². The number of nitriles is 1. The minimum atomic E-state index is -0.928. The van der Waals surface area contributed by atoms with Gasteiger partial charge in [-0.3, -0.25) is 14.4 Å². The Labute approximate surface area is 281 Å². The Morgan fingerprint density at radius 1 is 1.00 bits per heavy atom. The average molecular weight is 652 g/mol. The van der Waals surface area contributed by atoms with Gasteiger partial charge < -0.3 is 20.0 Å². The minimum absolute atomic E-state index is 0.0588. The molecule has 3 aromatic rings. The van der Waals surface area contributed by atoms with Crippen LogP contribution in [0.4, 0.5) is 0 Å². The molecule has 252 valence electrons. The van der Waals surface area contributed by atoms with Gasteiger partial charge in [0.25, 0.3) is 11.8 Å². The van der Waals surface area contributed by atoms with E-state index >= 15 is 0 Å². The normalized spacial score (nSPS) is 21.2. The second-order valence-electron chi connectivity index (χ2n) is 15.0. The van der Waals surface area contributed by atoms with Gasteiger partial charge in [0.2, 0.25) is 5.91 Å². The van der Waals surface area contributed by atoms with Crippen molar-refractivity contribution in [2.45, 2.75) is 76.4 Å². The number of aryl methyl sites for hydroxylation is 2. The van der Waals surface area contributed by atoms with E-state index in [0.717, 1.165) is 35.1 Å². The summed E-state index contributed by atoms with van der Waals surface area (Å²) in [6.07, 6.45) is 3.47. The van der Waals surface area contributed by atoms with Crippen LogP contribution < -0.4 is 5.32 Å². The van der Waals surface area contributed by atoms with Crippen LogP contribution in [-0.2, 0) is 23.1 Å². The number of likely N-dealkylation sites (tertiary alicyclic amines) is 1. The Morgan fingerprint density at radius 2 is 1.58 bits per heavy atom. The summed E-state index contributed by atoms with van der Waals surface area (Å²) in [4.78, 5) is 44.8. The van der Waals surface area contributed by atoms with E-state index in [1.165, 1.54) is 0 Å². The smallest absolute Gasteiger partial charge is 0.253 e. The van der Waals surface area contributed by atoms with Crippen molar-refractivity contribution in [1.29, 1.82) is 5.26 Å². The molecule has 2 fully saturated rings. The van der Waals surface area contributed by atoms with Gasteiger partial charge in [-0.05, 0) is 100 Å². The van der Waals surface area contributed by atoms with Gasteiger partial charge in [-0.15, -0.1) is 5.10 Å². The number of carbonyl (C=O) groups excluding carboxylic acids is 3. The largest absolute Gasteiger partial charge is 0.345 e. The SMILES string of the molecule is CN(C)C(=O)c1ccc2c(c1)CCc1cc(C(=O)N(C)C)ccc1C2(C[C@H](NCC(=O)N1C(C#N)C[C@@H]2C[C@@H]21)C(C)(C)C)c1nnn[nH]1. The summed E-state index contributed by atoms with van der Waals surface area (Å²) in [7, 11) is 6.96. The maximum absolute atomic E-state index is 13.7. The number of carbonyl (C=O) groups is 3. The fourth-order valence-electron chi connectivity index (χ4n) is 7.77. The molecule has 0 bridgehead atoms. The highest BCUT2D eigenvalue weighted by Crippen LogP contribution is 2.49. The lowest BCUT2D eigenvalue weighted by atomic mass is 9.64. The molecule has 2 N–H and O–H groups in total. The molecule has 2 heterocycles. The molecular formula is C36H45N9O3. The Hall–Kier alpha value is -4.63. The van der Waals surface area contributed by atoms with Crippen LogP contribution in [0, 0.1) is 22.7 Å². The lowest BCUT2D eigenvalue weighted by Crippen LogP contribution is -2.51. The topological polar surface area (TPSA) is 151 Å². The van der Waals surface area contributed by atoms with Gasteiger partial charge >= 0.3 is 0 Å². The molecule has 2 aromatic carbocycles. The molecule has 0 radical (unpaired) electrons. The van der Waals surface area contributed by atoms with Crippen LogP contribution in [0.3, 0.4) is 0 Å². The molecule has 0 spiro atoms. The van der Waals surface area contributed by atoms with E-state index in [2.05, 4.69) is 52.8 Å². The van der Waals surface area contributed by atoms with E-state index in [1.807, 2.05) is 36.4 Å².